The van der Waals surface area contributed by atoms with Crippen molar-refractivity contribution in [2.24, 2.45) is 0 Å². The van der Waals surface area contributed by atoms with E-state index in [9.17, 15) is 5.11 Å². The summed E-state index contributed by atoms with van der Waals surface area (Å²) in [5, 5.41) is 13.7. The van der Waals surface area contributed by atoms with Gasteiger partial charge in [0.05, 0.1) is 19.3 Å². The van der Waals surface area contributed by atoms with Crippen LogP contribution < -0.4 is 0 Å². The fourth-order valence-electron chi connectivity index (χ4n) is 3.32. The third-order valence-electron chi connectivity index (χ3n) is 4.83. The average molecular weight is 349 g/mol. The SMILES string of the molecule is OCc1cccc(-c2ncc(-c3cnn(CCN4CCCC4)c3)cn2)c1. The van der Waals surface area contributed by atoms with Gasteiger partial charge in [0.1, 0.15) is 0 Å². The first-order valence-corrected chi connectivity index (χ1v) is 9.09. The predicted molar refractivity (Wildman–Crippen MR) is 100 cm³/mol. The molecule has 1 saturated heterocycles. The van der Waals surface area contributed by atoms with Crippen molar-refractivity contribution in [2.45, 2.75) is 26.0 Å². The van der Waals surface area contributed by atoms with E-state index in [0.717, 1.165) is 35.3 Å². The minimum Gasteiger partial charge on any atom is -0.392 e. The Morgan fingerprint density at radius 1 is 0.923 bits per heavy atom. The molecule has 0 radical (unpaired) electrons. The number of likely N-dealkylation sites (tertiary alicyclic amines) is 1. The number of hydrogen-bond acceptors (Lipinski definition) is 5. The molecule has 134 valence electrons. The van der Waals surface area contributed by atoms with E-state index in [1.54, 1.807) is 0 Å². The van der Waals surface area contributed by atoms with Crippen molar-refractivity contribution in [1.29, 1.82) is 0 Å². The Morgan fingerprint density at radius 3 is 2.50 bits per heavy atom. The molecule has 0 bridgehead atoms. The van der Waals surface area contributed by atoms with Crippen LogP contribution in [0.5, 0.6) is 0 Å². The first-order valence-electron chi connectivity index (χ1n) is 9.09. The second kappa shape index (κ2) is 7.76. The monoisotopic (exact) mass is 349 g/mol. The zero-order chi connectivity index (χ0) is 17.8. The Morgan fingerprint density at radius 2 is 1.73 bits per heavy atom. The van der Waals surface area contributed by atoms with Crippen LogP contribution in [0.2, 0.25) is 0 Å². The van der Waals surface area contributed by atoms with Crippen molar-refractivity contribution in [2.75, 3.05) is 19.6 Å². The number of hydrogen-bond donors (Lipinski definition) is 1. The molecule has 2 aromatic heterocycles. The van der Waals surface area contributed by atoms with Gasteiger partial charge in [-0.1, -0.05) is 18.2 Å². The van der Waals surface area contributed by atoms with Crippen LogP contribution in [-0.4, -0.2) is 49.4 Å². The number of nitrogens with zero attached hydrogens (tertiary/aromatic N) is 5. The average Bonchev–Trinajstić information content (AvgIpc) is 3.38. The second-order valence-electron chi connectivity index (χ2n) is 6.69. The molecule has 1 N–H and O–H groups in total. The fourth-order valence-corrected chi connectivity index (χ4v) is 3.32. The molecule has 1 aromatic carbocycles. The van der Waals surface area contributed by atoms with E-state index in [2.05, 4.69) is 26.2 Å². The Labute approximate surface area is 153 Å². The molecule has 0 atom stereocenters. The summed E-state index contributed by atoms with van der Waals surface area (Å²) in [5.74, 6) is 0.658. The van der Waals surface area contributed by atoms with Gasteiger partial charge in [-0.2, -0.15) is 5.10 Å². The standard InChI is InChI=1S/C20H23N5O/c26-15-16-4-3-5-17(10-16)20-21-11-18(12-22-20)19-13-23-25(14-19)9-8-24-6-1-2-7-24/h3-5,10-14,26H,1-2,6-9,15H2. The Hall–Kier alpha value is -2.57. The molecule has 3 heterocycles. The summed E-state index contributed by atoms with van der Waals surface area (Å²) in [6.07, 6.45) is 10.2. The van der Waals surface area contributed by atoms with Gasteiger partial charge in [-0.3, -0.25) is 4.68 Å². The van der Waals surface area contributed by atoms with Crippen LogP contribution in [0.25, 0.3) is 22.5 Å². The molecular weight excluding hydrogens is 326 g/mol. The number of benzene rings is 1. The fraction of sp³-hybridized carbons (Fsp3) is 0.350. The van der Waals surface area contributed by atoms with Crippen molar-refractivity contribution in [3.05, 3.63) is 54.6 Å². The molecule has 0 spiro atoms. The van der Waals surface area contributed by atoms with E-state index < -0.39 is 0 Å². The van der Waals surface area contributed by atoms with E-state index in [4.69, 9.17) is 0 Å². The Bertz CT molecular complexity index is 853. The minimum absolute atomic E-state index is 0.0164. The van der Waals surface area contributed by atoms with E-state index >= 15 is 0 Å². The highest BCUT2D eigenvalue weighted by Gasteiger charge is 2.11. The first kappa shape index (κ1) is 16.9. The van der Waals surface area contributed by atoms with E-state index in [1.807, 2.05) is 47.5 Å². The topological polar surface area (TPSA) is 67.1 Å². The summed E-state index contributed by atoms with van der Waals surface area (Å²) in [6.45, 7) is 4.40. The molecule has 1 fully saturated rings. The molecule has 0 unspecified atom stereocenters. The lowest BCUT2D eigenvalue weighted by molar-refractivity contribution is 0.282. The van der Waals surface area contributed by atoms with Crippen molar-refractivity contribution in [3.8, 4) is 22.5 Å². The summed E-state index contributed by atoms with van der Waals surface area (Å²) in [6, 6.07) is 7.65. The second-order valence-corrected chi connectivity index (χ2v) is 6.69. The predicted octanol–water partition coefficient (Wildman–Crippen LogP) is 2.60. The van der Waals surface area contributed by atoms with Gasteiger partial charge >= 0.3 is 0 Å². The number of aliphatic hydroxyl groups is 1. The zero-order valence-electron chi connectivity index (χ0n) is 14.8. The lowest BCUT2D eigenvalue weighted by Gasteiger charge is -2.13. The maximum Gasteiger partial charge on any atom is 0.159 e. The van der Waals surface area contributed by atoms with Crippen molar-refractivity contribution < 1.29 is 5.11 Å². The summed E-state index contributed by atoms with van der Waals surface area (Å²) in [7, 11) is 0. The molecule has 6 heteroatoms. The molecule has 6 nitrogen and oxygen atoms in total. The summed E-state index contributed by atoms with van der Waals surface area (Å²) in [5.41, 5.74) is 3.75. The summed E-state index contributed by atoms with van der Waals surface area (Å²) < 4.78 is 1.99. The van der Waals surface area contributed by atoms with E-state index in [0.29, 0.717) is 5.82 Å². The van der Waals surface area contributed by atoms with Gasteiger partial charge in [-0.25, -0.2) is 9.97 Å². The summed E-state index contributed by atoms with van der Waals surface area (Å²) in [4.78, 5) is 11.4. The Balaban J connectivity index is 1.44. The molecule has 3 aromatic rings. The van der Waals surface area contributed by atoms with Gasteiger partial charge in [0.15, 0.2) is 5.82 Å². The van der Waals surface area contributed by atoms with Gasteiger partial charge in [0.2, 0.25) is 0 Å². The van der Waals surface area contributed by atoms with Gasteiger partial charge in [0, 0.05) is 41.8 Å². The highest BCUT2D eigenvalue weighted by Crippen LogP contribution is 2.21. The molecule has 0 saturated carbocycles. The van der Waals surface area contributed by atoms with Crippen molar-refractivity contribution in [3.63, 3.8) is 0 Å². The molecule has 26 heavy (non-hydrogen) atoms. The Kier molecular flexibility index (Phi) is 5.04. The highest BCUT2D eigenvalue weighted by atomic mass is 16.3. The zero-order valence-corrected chi connectivity index (χ0v) is 14.8. The molecule has 1 aliphatic heterocycles. The van der Waals surface area contributed by atoms with Crippen LogP contribution in [0.4, 0.5) is 0 Å². The molecule has 4 rings (SSSR count). The molecule has 1 aliphatic rings. The highest BCUT2D eigenvalue weighted by molar-refractivity contribution is 5.62. The van der Waals surface area contributed by atoms with Crippen LogP contribution >= 0.6 is 0 Å². The third-order valence-corrected chi connectivity index (χ3v) is 4.83. The smallest absolute Gasteiger partial charge is 0.159 e. The lowest BCUT2D eigenvalue weighted by atomic mass is 10.1. The summed E-state index contributed by atoms with van der Waals surface area (Å²) >= 11 is 0. The maximum atomic E-state index is 9.26. The maximum absolute atomic E-state index is 9.26. The number of aromatic nitrogens is 4. The van der Waals surface area contributed by atoms with Crippen LogP contribution in [0, 0.1) is 0 Å². The van der Waals surface area contributed by atoms with Gasteiger partial charge in [-0.15, -0.1) is 0 Å². The van der Waals surface area contributed by atoms with Crippen LogP contribution in [-0.2, 0) is 13.2 Å². The van der Waals surface area contributed by atoms with Crippen molar-refractivity contribution in [1.82, 2.24) is 24.6 Å². The van der Waals surface area contributed by atoms with Crippen LogP contribution in [0.15, 0.2) is 49.1 Å². The quantitative estimate of drug-likeness (QED) is 0.741. The van der Waals surface area contributed by atoms with Gasteiger partial charge < -0.3 is 10.0 Å². The molecular formula is C20H23N5O. The lowest BCUT2D eigenvalue weighted by Crippen LogP contribution is -2.24. The third kappa shape index (κ3) is 3.81. The number of rotatable bonds is 6. The first-order chi connectivity index (χ1) is 12.8. The van der Waals surface area contributed by atoms with E-state index in [1.165, 1.54) is 25.9 Å². The van der Waals surface area contributed by atoms with E-state index in [-0.39, 0.29) is 6.61 Å². The molecule has 0 amide bonds. The van der Waals surface area contributed by atoms with Crippen LogP contribution in [0.1, 0.15) is 18.4 Å². The van der Waals surface area contributed by atoms with Crippen LogP contribution in [0.3, 0.4) is 0 Å². The minimum atomic E-state index is 0.0164. The molecule has 0 aliphatic carbocycles. The number of aliphatic hydroxyl groups excluding tert-OH is 1. The largest absolute Gasteiger partial charge is 0.392 e. The van der Waals surface area contributed by atoms with Gasteiger partial charge in [0.25, 0.3) is 0 Å². The normalized spacial score (nSPS) is 14.8. The van der Waals surface area contributed by atoms with Crippen molar-refractivity contribution >= 4 is 0 Å². The van der Waals surface area contributed by atoms with Gasteiger partial charge in [-0.05, 0) is 37.6 Å².